The van der Waals surface area contributed by atoms with Gasteiger partial charge in [-0.3, -0.25) is 4.79 Å². The fourth-order valence-corrected chi connectivity index (χ4v) is 3.49. The summed E-state index contributed by atoms with van der Waals surface area (Å²) in [6.07, 6.45) is -1.19. The van der Waals surface area contributed by atoms with Gasteiger partial charge in [0.05, 0.1) is 6.54 Å². The van der Waals surface area contributed by atoms with Crippen LogP contribution in [0.15, 0.2) is 60.7 Å². The van der Waals surface area contributed by atoms with Crippen molar-refractivity contribution in [1.29, 1.82) is 0 Å². The number of carbonyl (C=O) groups is 1. The molecule has 2 aromatic carbocycles. The molecule has 168 valence electrons. The number of nitrogens with zero attached hydrogens (tertiary/aromatic N) is 4. The van der Waals surface area contributed by atoms with E-state index in [1.165, 1.54) is 16.6 Å². The van der Waals surface area contributed by atoms with E-state index in [0.717, 1.165) is 0 Å². The van der Waals surface area contributed by atoms with Gasteiger partial charge in [-0.25, -0.2) is 4.39 Å². The van der Waals surface area contributed by atoms with Crippen molar-refractivity contribution < 1.29 is 23.4 Å². The van der Waals surface area contributed by atoms with Crippen LogP contribution in [0.5, 0.6) is 17.4 Å². The first kappa shape index (κ1) is 20.7. The lowest BCUT2D eigenvalue weighted by Crippen LogP contribution is -2.49. The van der Waals surface area contributed by atoms with Crippen molar-refractivity contribution in [2.24, 2.45) is 0 Å². The Labute approximate surface area is 188 Å². The van der Waals surface area contributed by atoms with Crippen molar-refractivity contribution in [3.8, 4) is 28.8 Å². The number of nitrogens with one attached hydrogen (secondary N) is 1. The second-order valence-corrected chi connectivity index (χ2v) is 7.42. The molecule has 2 atom stereocenters. The van der Waals surface area contributed by atoms with Crippen molar-refractivity contribution in [3.63, 3.8) is 0 Å². The Morgan fingerprint density at radius 2 is 1.91 bits per heavy atom. The zero-order valence-electron chi connectivity index (χ0n) is 17.6. The molecule has 0 radical (unpaired) electrons. The monoisotopic (exact) mass is 449 g/mol. The second kappa shape index (κ2) is 8.73. The van der Waals surface area contributed by atoms with Crippen LogP contribution in [0.4, 0.5) is 4.39 Å². The first-order valence-corrected chi connectivity index (χ1v) is 10.4. The molecule has 0 spiro atoms. The molecule has 1 N–H and O–H groups in total. The van der Waals surface area contributed by atoms with Crippen molar-refractivity contribution in [1.82, 2.24) is 25.1 Å². The number of halogens is 1. The number of carbonyl (C=O) groups excluding carboxylic acids is 1. The molecule has 0 saturated heterocycles. The fraction of sp³-hybridized carbons (Fsp3) is 0.217. The zero-order valence-corrected chi connectivity index (χ0v) is 17.6. The Morgan fingerprint density at radius 1 is 1.09 bits per heavy atom. The molecule has 2 aromatic heterocycles. The van der Waals surface area contributed by atoms with Crippen molar-refractivity contribution in [2.75, 3.05) is 13.2 Å². The summed E-state index contributed by atoms with van der Waals surface area (Å²) < 4.78 is 32.3. The quantitative estimate of drug-likeness (QED) is 0.452. The lowest BCUT2D eigenvalue weighted by Gasteiger charge is -2.30. The molecule has 33 heavy (non-hydrogen) atoms. The largest absolute Gasteiger partial charge is 0.482 e. The van der Waals surface area contributed by atoms with Gasteiger partial charge in [0.15, 0.2) is 23.0 Å². The number of benzene rings is 2. The van der Waals surface area contributed by atoms with Gasteiger partial charge in [0, 0.05) is 11.6 Å². The van der Waals surface area contributed by atoms with Gasteiger partial charge in [0.2, 0.25) is 12.0 Å². The number of para-hydroxylation sites is 2. The van der Waals surface area contributed by atoms with E-state index in [-0.39, 0.29) is 24.9 Å². The van der Waals surface area contributed by atoms with E-state index in [9.17, 15) is 9.18 Å². The Morgan fingerprint density at radius 3 is 2.73 bits per heavy atom. The minimum absolute atomic E-state index is 0.181. The molecule has 1 aliphatic rings. The number of hydrogen-bond donors (Lipinski definition) is 1. The summed E-state index contributed by atoms with van der Waals surface area (Å²) in [4.78, 5) is 12.6. The maximum atomic E-state index is 13.6. The average molecular weight is 449 g/mol. The highest BCUT2D eigenvalue weighted by Crippen LogP contribution is 2.33. The van der Waals surface area contributed by atoms with Gasteiger partial charge in [-0.1, -0.05) is 24.3 Å². The Kier molecular flexibility index (Phi) is 5.47. The van der Waals surface area contributed by atoms with Gasteiger partial charge in [-0.2, -0.15) is 4.52 Å². The summed E-state index contributed by atoms with van der Waals surface area (Å²) in [6, 6.07) is 16.6. The predicted molar refractivity (Wildman–Crippen MR) is 116 cm³/mol. The van der Waals surface area contributed by atoms with Crippen LogP contribution in [-0.2, 0) is 4.79 Å². The highest BCUT2D eigenvalue weighted by molar-refractivity contribution is 5.82. The maximum absolute atomic E-state index is 13.6. The Bertz CT molecular complexity index is 1310. The summed E-state index contributed by atoms with van der Waals surface area (Å²) in [6.45, 7) is 2.21. The molecule has 0 saturated carbocycles. The molecule has 0 fully saturated rings. The lowest BCUT2D eigenvalue weighted by molar-refractivity contribution is -0.133. The summed E-state index contributed by atoms with van der Waals surface area (Å²) in [5, 5.41) is 15.3. The minimum atomic E-state index is -0.764. The molecule has 9 nitrogen and oxygen atoms in total. The number of aromatic nitrogens is 4. The van der Waals surface area contributed by atoms with Crippen LogP contribution in [0.3, 0.4) is 0 Å². The zero-order chi connectivity index (χ0) is 22.8. The van der Waals surface area contributed by atoms with Gasteiger partial charge in [0.1, 0.15) is 18.5 Å². The van der Waals surface area contributed by atoms with Gasteiger partial charge in [-0.05, 0) is 37.3 Å². The topological polar surface area (TPSA) is 99.9 Å². The van der Waals surface area contributed by atoms with Gasteiger partial charge >= 0.3 is 0 Å². The number of hydrogen-bond acceptors (Lipinski definition) is 7. The van der Waals surface area contributed by atoms with Crippen LogP contribution in [-0.4, -0.2) is 51.1 Å². The first-order valence-electron chi connectivity index (χ1n) is 10.4. The van der Waals surface area contributed by atoms with Gasteiger partial charge < -0.3 is 19.5 Å². The molecule has 0 aliphatic carbocycles. The van der Waals surface area contributed by atoms with Crippen LogP contribution in [0, 0.1) is 5.82 Å². The van der Waals surface area contributed by atoms with E-state index in [1.54, 1.807) is 43.3 Å². The normalized spacial score (nSPS) is 17.0. The highest BCUT2D eigenvalue weighted by atomic mass is 19.1. The van der Waals surface area contributed by atoms with Crippen molar-refractivity contribution in [2.45, 2.75) is 19.1 Å². The summed E-state index contributed by atoms with van der Waals surface area (Å²) in [7, 11) is 0. The molecule has 1 amide bonds. The molecular formula is C23H20FN5O4. The number of rotatable bonds is 6. The summed E-state index contributed by atoms with van der Waals surface area (Å²) >= 11 is 0. The first-order chi connectivity index (χ1) is 16.1. The lowest BCUT2D eigenvalue weighted by atomic mass is 10.1. The third-order valence-corrected chi connectivity index (χ3v) is 5.07. The fourth-order valence-electron chi connectivity index (χ4n) is 3.49. The van der Waals surface area contributed by atoms with Crippen molar-refractivity contribution >= 4 is 11.6 Å². The second-order valence-electron chi connectivity index (χ2n) is 7.42. The third-order valence-electron chi connectivity index (χ3n) is 5.07. The third kappa shape index (κ3) is 4.27. The molecule has 1 aliphatic heterocycles. The number of ether oxygens (including phenoxy) is 3. The van der Waals surface area contributed by atoms with E-state index < -0.39 is 12.2 Å². The average Bonchev–Trinajstić information content (AvgIpc) is 3.24. The van der Waals surface area contributed by atoms with Crippen LogP contribution in [0.1, 0.15) is 6.92 Å². The van der Waals surface area contributed by atoms with Gasteiger partial charge in [-0.15, -0.1) is 15.3 Å². The molecule has 3 heterocycles. The molecule has 4 aromatic rings. The van der Waals surface area contributed by atoms with E-state index in [0.29, 0.717) is 34.4 Å². The van der Waals surface area contributed by atoms with E-state index in [1.807, 2.05) is 12.1 Å². The van der Waals surface area contributed by atoms with Crippen LogP contribution >= 0.6 is 0 Å². The number of amides is 1. The minimum Gasteiger partial charge on any atom is -0.482 e. The number of fused-ring (bicyclic) bond motifs is 2. The van der Waals surface area contributed by atoms with Crippen LogP contribution in [0.25, 0.3) is 17.0 Å². The molecule has 10 heteroatoms. The molecular weight excluding hydrogens is 429 g/mol. The summed E-state index contributed by atoms with van der Waals surface area (Å²) in [5.74, 6) is 1.19. The van der Waals surface area contributed by atoms with E-state index in [4.69, 9.17) is 14.2 Å². The van der Waals surface area contributed by atoms with Crippen molar-refractivity contribution in [3.05, 3.63) is 66.5 Å². The van der Waals surface area contributed by atoms with Crippen LogP contribution in [0.2, 0.25) is 0 Å². The standard InChI is InChI=1S/C23H20FN5O4/c1-14-21(33-18-8-3-2-7-17(18)32-14)23(30)25-11-12-31-20-10-9-19-26-27-22(29(19)28-20)15-5-4-6-16(24)13-15/h2-10,13-14,21H,11-12H2,1H3,(H,25,30). The maximum Gasteiger partial charge on any atom is 0.265 e. The van der Waals surface area contributed by atoms with E-state index >= 15 is 0 Å². The van der Waals surface area contributed by atoms with Crippen LogP contribution < -0.4 is 19.5 Å². The van der Waals surface area contributed by atoms with E-state index in [2.05, 4.69) is 20.6 Å². The molecule has 5 rings (SSSR count). The summed E-state index contributed by atoms with van der Waals surface area (Å²) in [5.41, 5.74) is 1.04. The van der Waals surface area contributed by atoms with Gasteiger partial charge in [0.25, 0.3) is 5.91 Å². The highest BCUT2D eigenvalue weighted by Gasteiger charge is 2.33. The Balaban J connectivity index is 1.19. The SMILES string of the molecule is CC1Oc2ccccc2OC1C(=O)NCCOc1ccc2nnc(-c3cccc(F)c3)n2n1. The molecule has 0 bridgehead atoms. The predicted octanol–water partition coefficient (Wildman–Crippen LogP) is 2.65. The smallest absolute Gasteiger partial charge is 0.265 e. The Hall–Kier alpha value is -4.21. The molecule has 2 unspecified atom stereocenters.